The summed E-state index contributed by atoms with van der Waals surface area (Å²) in [6.07, 6.45) is 0. The molecule has 1 amide bonds. The van der Waals surface area contributed by atoms with Crippen LogP contribution in [-0.4, -0.2) is 28.5 Å². The monoisotopic (exact) mass is 488 g/mol. The van der Waals surface area contributed by atoms with Gasteiger partial charge < -0.3 is 14.8 Å². The number of rotatable bonds is 8. The highest BCUT2D eigenvalue weighted by atomic mass is 32.2. The van der Waals surface area contributed by atoms with Gasteiger partial charge in [0.1, 0.15) is 0 Å². The Morgan fingerprint density at radius 3 is 2.06 bits per heavy atom. The van der Waals surface area contributed by atoms with E-state index in [0.29, 0.717) is 11.4 Å². The molecule has 4 aromatic rings. The normalized spacial score (nSPS) is 10.9. The van der Waals surface area contributed by atoms with Crippen LogP contribution in [0.5, 0.6) is 11.5 Å². The van der Waals surface area contributed by atoms with Crippen molar-refractivity contribution in [2.24, 2.45) is 0 Å². The zero-order chi connectivity index (χ0) is 24.8. The second kappa shape index (κ2) is 10.3. The lowest BCUT2D eigenvalue weighted by Crippen LogP contribution is -2.19. The number of nitrogens with one attached hydrogen (secondary N) is 2. The van der Waals surface area contributed by atoms with Crippen LogP contribution in [0.15, 0.2) is 102 Å². The van der Waals surface area contributed by atoms with Crippen molar-refractivity contribution < 1.29 is 22.7 Å². The van der Waals surface area contributed by atoms with Gasteiger partial charge in [-0.1, -0.05) is 60.7 Å². The van der Waals surface area contributed by atoms with Gasteiger partial charge in [-0.2, -0.15) is 0 Å². The van der Waals surface area contributed by atoms with E-state index in [4.69, 9.17) is 9.47 Å². The van der Waals surface area contributed by atoms with Gasteiger partial charge in [-0.25, -0.2) is 8.42 Å². The smallest absolute Gasteiger partial charge is 0.262 e. The number of sulfonamides is 1. The Morgan fingerprint density at radius 1 is 0.714 bits per heavy atom. The van der Waals surface area contributed by atoms with Crippen molar-refractivity contribution in [1.82, 2.24) is 0 Å². The first-order valence-corrected chi connectivity index (χ1v) is 12.2. The van der Waals surface area contributed by atoms with Crippen molar-refractivity contribution in [1.29, 1.82) is 0 Å². The first-order valence-electron chi connectivity index (χ1n) is 10.7. The van der Waals surface area contributed by atoms with Gasteiger partial charge in [0, 0.05) is 17.3 Å². The molecule has 0 heterocycles. The number of ether oxygens (including phenoxy) is 2. The fourth-order valence-corrected chi connectivity index (χ4v) is 4.70. The van der Waals surface area contributed by atoms with E-state index in [1.54, 1.807) is 24.3 Å². The lowest BCUT2D eigenvalue weighted by Gasteiger charge is -2.15. The Morgan fingerprint density at radius 2 is 1.34 bits per heavy atom. The van der Waals surface area contributed by atoms with E-state index in [2.05, 4.69) is 10.0 Å². The summed E-state index contributed by atoms with van der Waals surface area (Å²) in [5, 5.41) is 2.91. The number of carbonyl (C=O) groups is 1. The number of benzene rings is 4. The minimum atomic E-state index is -4.02. The molecule has 178 valence electrons. The average Bonchev–Trinajstić information content (AvgIpc) is 2.89. The third-order valence-corrected chi connectivity index (χ3v) is 6.70. The quantitative estimate of drug-likeness (QED) is 0.345. The molecular formula is C27H24N2O5S. The Labute approximate surface area is 204 Å². The highest BCUT2D eigenvalue weighted by molar-refractivity contribution is 7.92. The van der Waals surface area contributed by atoms with Crippen molar-refractivity contribution in [3.63, 3.8) is 0 Å². The molecule has 0 saturated carbocycles. The van der Waals surface area contributed by atoms with Crippen LogP contribution in [0.4, 0.5) is 11.4 Å². The molecule has 4 aromatic carbocycles. The van der Waals surface area contributed by atoms with E-state index in [1.165, 1.54) is 38.5 Å². The third-order valence-electron chi connectivity index (χ3n) is 5.34. The Bertz CT molecular complexity index is 1450. The van der Waals surface area contributed by atoms with Crippen LogP contribution in [-0.2, 0) is 10.0 Å². The van der Waals surface area contributed by atoms with Crippen molar-refractivity contribution in [2.45, 2.75) is 4.90 Å². The molecule has 0 spiro atoms. The molecule has 0 aromatic heterocycles. The number of hydrogen-bond acceptors (Lipinski definition) is 5. The molecule has 0 aliphatic rings. The summed E-state index contributed by atoms with van der Waals surface area (Å²) in [4.78, 5) is 13.2. The molecular weight excluding hydrogens is 464 g/mol. The van der Waals surface area contributed by atoms with Gasteiger partial charge in [-0.3, -0.25) is 9.52 Å². The largest absolute Gasteiger partial charge is 0.493 e. The van der Waals surface area contributed by atoms with Crippen LogP contribution in [0.25, 0.3) is 11.1 Å². The van der Waals surface area contributed by atoms with Gasteiger partial charge in [-0.05, 0) is 35.9 Å². The summed E-state index contributed by atoms with van der Waals surface area (Å²) in [6, 6.07) is 27.8. The summed E-state index contributed by atoms with van der Waals surface area (Å²) >= 11 is 0. The summed E-state index contributed by atoms with van der Waals surface area (Å²) in [7, 11) is -1.12. The van der Waals surface area contributed by atoms with Gasteiger partial charge >= 0.3 is 0 Å². The first-order chi connectivity index (χ1) is 16.9. The zero-order valence-electron chi connectivity index (χ0n) is 19.2. The number of carbonyl (C=O) groups excluding carboxylic acids is 1. The van der Waals surface area contributed by atoms with E-state index in [9.17, 15) is 13.2 Å². The molecule has 0 unspecified atom stereocenters. The lowest BCUT2D eigenvalue weighted by atomic mass is 10.0. The van der Waals surface area contributed by atoms with Crippen LogP contribution in [0, 0.1) is 0 Å². The Kier molecular flexibility index (Phi) is 7.03. The Hall–Kier alpha value is -4.30. The predicted molar refractivity (Wildman–Crippen MR) is 137 cm³/mol. The molecule has 4 rings (SSSR count). The Balaban J connectivity index is 1.63. The highest BCUT2D eigenvalue weighted by Crippen LogP contribution is 2.31. The molecule has 2 N–H and O–H groups in total. The number of amides is 1. The molecule has 0 atom stereocenters. The van der Waals surface area contributed by atoms with Crippen molar-refractivity contribution in [2.75, 3.05) is 24.3 Å². The van der Waals surface area contributed by atoms with Gasteiger partial charge in [0.25, 0.3) is 15.9 Å². The summed E-state index contributed by atoms with van der Waals surface area (Å²) in [5.74, 6) is 0.237. The fourth-order valence-electron chi connectivity index (χ4n) is 3.61. The minimum Gasteiger partial charge on any atom is -0.493 e. The molecule has 0 aliphatic carbocycles. The van der Waals surface area contributed by atoms with E-state index in [0.717, 1.165) is 11.1 Å². The average molecular weight is 489 g/mol. The number of methoxy groups -OCH3 is 2. The van der Waals surface area contributed by atoms with Crippen LogP contribution in [0.1, 0.15) is 10.4 Å². The maximum Gasteiger partial charge on any atom is 0.262 e. The SMILES string of the molecule is COc1ccc(S(=O)(=O)Nc2ccccc2C(=O)Nc2ccccc2-c2ccccc2)cc1OC. The van der Waals surface area contributed by atoms with E-state index in [-0.39, 0.29) is 21.9 Å². The van der Waals surface area contributed by atoms with Gasteiger partial charge in [0.15, 0.2) is 11.5 Å². The number of hydrogen-bond donors (Lipinski definition) is 2. The molecule has 0 bridgehead atoms. The molecule has 35 heavy (non-hydrogen) atoms. The first kappa shape index (κ1) is 23.8. The van der Waals surface area contributed by atoms with Gasteiger partial charge in [0.05, 0.1) is 30.4 Å². The highest BCUT2D eigenvalue weighted by Gasteiger charge is 2.21. The minimum absolute atomic E-state index is 0.0280. The number of anilines is 2. The molecule has 0 fully saturated rings. The maximum atomic E-state index is 13.2. The maximum absolute atomic E-state index is 13.2. The van der Waals surface area contributed by atoms with Gasteiger partial charge in [-0.15, -0.1) is 0 Å². The lowest BCUT2D eigenvalue weighted by molar-refractivity contribution is 0.102. The molecule has 7 nitrogen and oxygen atoms in total. The van der Waals surface area contributed by atoms with E-state index >= 15 is 0 Å². The van der Waals surface area contributed by atoms with E-state index in [1.807, 2.05) is 48.5 Å². The van der Waals surface area contributed by atoms with Crippen LogP contribution in [0.3, 0.4) is 0 Å². The second-order valence-electron chi connectivity index (χ2n) is 7.53. The number of para-hydroxylation sites is 2. The fraction of sp³-hybridized carbons (Fsp3) is 0.0741. The second-order valence-corrected chi connectivity index (χ2v) is 9.22. The summed E-state index contributed by atoms with van der Waals surface area (Å²) in [6.45, 7) is 0. The van der Waals surface area contributed by atoms with Crippen molar-refractivity contribution in [3.8, 4) is 22.6 Å². The predicted octanol–water partition coefficient (Wildman–Crippen LogP) is 5.42. The van der Waals surface area contributed by atoms with E-state index < -0.39 is 15.9 Å². The van der Waals surface area contributed by atoms with Crippen LogP contribution >= 0.6 is 0 Å². The van der Waals surface area contributed by atoms with Crippen LogP contribution < -0.4 is 19.5 Å². The zero-order valence-corrected chi connectivity index (χ0v) is 20.0. The molecule has 8 heteroatoms. The molecule has 0 aliphatic heterocycles. The third kappa shape index (κ3) is 5.28. The van der Waals surface area contributed by atoms with Gasteiger partial charge in [0.2, 0.25) is 0 Å². The molecule has 0 radical (unpaired) electrons. The van der Waals surface area contributed by atoms with Crippen LogP contribution in [0.2, 0.25) is 0 Å². The van der Waals surface area contributed by atoms with Crippen molar-refractivity contribution >= 4 is 27.3 Å². The molecule has 0 saturated heterocycles. The van der Waals surface area contributed by atoms with Crippen molar-refractivity contribution in [3.05, 3.63) is 103 Å². The standard InChI is InChI=1S/C27H24N2O5S/c1-33-25-17-16-20(18-26(25)34-2)35(31,32)29-24-15-9-7-13-22(24)27(30)28-23-14-8-6-12-21(23)19-10-4-3-5-11-19/h3-18,29H,1-2H3,(H,28,30). The topological polar surface area (TPSA) is 93.7 Å². The summed E-state index contributed by atoms with van der Waals surface area (Å²) in [5.41, 5.74) is 2.74. The summed E-state index contributed by atoms with van der Waals surface area (Å²) < 4.78 is 39.1.